The summed E-state index contributed by atoms with van der Waals surface area (Å²) in [6, 6.07) is 9.51. The Morgan fingerprint density at radius 1 is 1.40 bits per heavy atom. The average molecular weight is 296 g/mol. The largest absolute Gasteiger partial charge is 0.351 e. The first-order valence-electron chi connectivity index (χ1n) is 6.18. The maximum Gasteiger partial charge on any atom is 0.273 e. The van der Waals surface area contributed by atoms with Crippen LogP contribution >= 0.6 is 12.4 Å². The monoisotopic (exact) mass is 295 g/mol. The van der Waals surface area contributed by atoms with Gasteiger partial charge in [0.1, 0.15) is 0 Å². The Morgan fingerprint density at radius 3 is 2.75 bits per heavy atom. The molecular formula is C13H18ClN5O. The van der Waals surface area contributed by atoms with Gasteiger partial charge in [0.25, 0.3) is 5.91 Å². The third kappa shape index (κ3) is 4.32. The highest BCUT2D eigenvalue weighted by Crippen LogP contribution is 2.04. The van der Waals surface area contributed by atoms with E-state index < -0.39 is 0 Å². The van der Waals surface area contributed by atoms with Crippen molar-refractivity contribution in [2.75, 3.05) is 6.54 Å². The van der Waals surface area contributed by atoms with E-state index in [9.17, 15) is 4.79 Å². The first-order chi connectivity index (χ1) is 9.16. The smallest absolute Gasteiger partial charge is 0.273 e. The van der Waals surface area contributed by atoms with Crippen LogP contribution in [0.5, 0.6) is 0 Å². The zero-order chi connectivity index (χ0) is 13.7. The van der Waals surface area contributed by atoms with Gasteiger partial charge >= 0.3 is 0 Å². The van der Waals surface area contributed by atoms with Gasteiger partial charge in [-0.2, -0.15) is 9.90 Å². The van der Waals surface area contributed by atoms with Crippen LogP contribution in [0, 0.1) is 0 Å². The normalized spacial score (nSPS) is 11.5. The highest BCUT2D eigenvalue weighted by atomic mass is 35.5. The molecule has 0 saturated heterocycles. The van der Waals surface area contributed by atoms with Crippen LogP contribution in [0.15, 0.2) is 36.5 Å². The summed E-state index contributed by atoms with van der Waals surface area (Å²) in [5.74, 6) is -0.233. The molecule has 0 aliphatic carbocycles. The van der Waals surface area contributed by atoms with Crippen molar-refractivity contribution in [1.29, 1.82) is 0 Å². The number of rotatable bonds is 5. The molecule has 2 rings (SSSR count). The summed E-state index contributed by atoms with van der Waals surface area (Å²) in [5.41, 5.74) is 6.73. The molecule has 0 spiro atoms. The van der Waals surface area contributed by atoms with Gasteiger partial charge in [-0.25, -0.2) is 0 Å². The molecule has 6 nitrogen and oxygen atoms in total. The van der Waals surface area contributed by atoms with Crippen LogP contribution in [0.4, 0.5) is 0 Å². The molecule has 1 atom stereocenters. The number of nitrogens with one attached hydrogen (secondary N) is 1. The molecule has 7 heteroatoms. The number of benzene rings is 1. The number of aromatic nitrogens is 3. The Hall–Kier alpha value is -1.92. The minimum absolute atomic E-state index is 0. The van der Waals surface area contributed by atoms with E-state index in [4.69, 9.17) is 5.73 Å². The van der Waals surface area contributed by atoms with Gasteiger partial charge in [-0.05, 0) is 25.5 Å². The van der Waals surface area contributed by atoms with Gasteiger partial charge in [0.2, 0.25) is 0 Å². The molecule has 1 amide bonds. The minimum atomic E-state index is -0.233. The van der Waals surface area contributed by atoms with E-state index >= 15 is 0 Å². The van der Waals surface area contributed by atoms with Crippen LogP contribution in [0.25, 0.3) is 5.69 Å². The number of hydrogen-bond acceptors (Lipinski definition) is 4. The lowest BCUT2D eigenvalue weighted by Gasteiger charge is -2.05. The molecule has 0 saturated carbocycles. The maximum absolute atomic E-state index is 11.8. The molecule has 2 aromatic rings. The van der Waals surface area contributed by atoms with Crippen LogP contribution in [-0.2, 0) is 0 Å². The summed E-state index contributed by atoms with van der Waals surface area (Å²) in [6.07, 6.45) is 2.19. The first-order valence-corrected chi connectivity index (χ1v) is 6.18. The molecule has 1 aromatic carbocycles. The Kier molecular flexibility index (Phi) is 6.14. The third-order valence-corrected chi connectivity index (χ3v) is 2.60. The van der Waals surface area contributed by atoms with E-state index in [-0.39, 0.29) is 24.4 Å². The lowest BCUT2D eigenvalue weighted by molar-refractivity contribution is 0.0947. The number of nitrogens with zero attached hydrogens (tertiary/aromatic N) is 3. The average Bonchev–Trinajstić information content (AvgIpc) is 2.89. The van der Waals surface area contributed by atoms with Crippen molar-refractivity contribution in [2.24, 2.45) is 5.73 Å². The lowest BCUT2D eigenvalue weighted by Crippen LogP contribution is -2.29. The molecule has 0 aliphatic rings. The zero-order valence-corrected chi connectivity index (χ0v) is 12.0. The molecule has 1 aromatic heterocycles. The molecule has 3 N–H and O–H groups in total. The maximum atomic E-state index is 11.8. The number of amides is 1. The van der Waals surface area contributed by atoms with Gasteiger partial charge in [-0.15, -0.1) is 17.5 Å². The topological polar surface area (TPSA) is 85.8 Å². The molecule has 108 valence electrons. The summed E-state index contributed by atoms with van der Waals surface area (Å²) in [7, 11) is 0. The number of nitrogens with two attached hydrogens (primary N) is 1. The van der Waals surface area contributed by atoms with Crippen LogP contribution in [-0.4, -0.2) is 33.5 Å². The predicted octanol–water partition coefficient (Wildman–Crippen LogP) is 1.16. The number of carbonyl (C=O) groups is 1. The Morgan fingerprint density at radius 2 is 2.10 bits per heavy atom. The van der Waals surface area contributed by atoms with Crippen molar-refractivity contribution in [2.45, 2.75) is 19.4 Å². The fourth-order valence-corrected chi connectivity index (χ4v) is 1.56. The molecule has 20 heavy (non-hydrogen) atoms. The second-order valence-electron chi connectivity index (χ2n) is 4.38. The fraction of sp³-hybridized carbons (Fsp3) is 0.308. The minimum Gasteiger partial charge on any atom is -0.351 e. The highest BCUT2D eigenvalue weighted by Gasteiger charge is 2.10. The van der Waals surface area contributed by atoms with E-state index in [0.717, 1.165) is 12.1 Å². The van der Waals surface area contributed by atoms with Gasteiger partial charge in [0.15, 0.2) is 5.69 Å². The SMILES string of the molecule is CC(N)CCNC(=O)c1cnn(-c2ccccc2)n1.Cl. The summed E-state index contributed by atoms with van der Waals surface area (Å²) in [5, 5.41) is 11.0. The second kappa shape index (κ2) is 7.62. The standard InChI is InChI=1S/C13H17N5O.ClH/c1-10(14)7-8-15-13(19)12-9-16-18(17-12)11-5-3-2-4-6-11;/h2-6,9-10H,7-8,14H2,1H3,(H,15,19);1H. The molecule has 0 fully saturated rings. The number of para-hydroxylation sites is 1. The van der Waals surface area contributed by atoms with Gasteiger partial charge in [-0.3, -0.25) is 4.79 Å². The predicted molar refractivity (Wildman–Crippen MR) is 79.2 cm³/mol. The van der Waals surface area contributed by atoms with Crippen molar-refractivity contribution in [3.63, 3.8) is 0 Å². The molecule has 0 aliphatic heterocycles. The molecule has 1 heterocycles. The molecular weight excluding hydrogens is 278 g/mol. The van der Waals surface area contributed by atoms with Crippen LogP contribution in [0.2, 0.25) is 0 Å². The quantitative estimate of drug-likeness (QED) is 0.866. The Labute approximate surface area is 123 Å². The summed E-state index contributed by atoms with van der Waals surface area (Å²) >= 11 is 0. The van der Waals surface area contributed by atoms with Crippen molar-refractivity contribution in [3.8, 4) is 5.69 Å². The van der Waals surface area contributed by atoms with Crippen molar-refractivity contribution < 1.29 is 4.79 Å². The van der Waals surface area contributed by atoms with Crippen LogP contribution < -0.4 is 11.1 Å². The number of carbonyl (C=O) groups excluding carboxylic acids is 1. The van der Waals surface area contributed by atoms with E-state index in [1.165, 1.54) is 11.0 Å². The first kappa shape index (κ1) is 16.1. The number of hydrogen-bond donors (Lipinski definition) is 2. The molecule has 1 unspecified atom stereocenters. The van der Waals surface area contributed by atoms with Crippen LogP contribution in [0.1, 0.15) is 23.8 Å². The van der Waals surface area contributed by atoms with Crippen molar-refractivity contribution >= 4 is 18.3 Å². The van der Waals surface area contributed by atoms with Gasteiger partial charge < -0.3 is 11.1 Å². The summed E-state index contributed by atoms with van der Waals surface area (Å²) < 4.78 is 0. The summed E-state index contributed by atoms with van der Waals surface area (Å²) in [6.45, 7) is 2.44. The van der Waals surface area contributed by atoms with Crippen molar-refractivity contribution in [3.05, 3.63) is 42.2 Å². The van der Waals surface area contributed by atoms with Crippen LogP contribution in [0.3, 0.4) is 0 Å². The second-order valence-corrected chi connectivity index (χ2v) is 4.38. The van der Waals surface area contributed by atoms with E-state index in [1.54, 1.807) is 0 Å². The van der Waals surface area contributed by atoms with Crippen molar-refractivity contribution in [1.82, 2.24) is 20.3 Å². The third-order valence-electron chi connectivity index (χ3n) is 2.60. The van der Waals surface area contributed by atoms with E-state index in [1.807, 2.05) is 37.3 Å². The van der Waals surface area contributed by atoms with Gasteiger partial charge in [0.05, 0.1) is 11.9 Å². The zero-order valence-electron chi connectivity index (χ0n) is 11.2. The molecule has 0 bridgehead atoms. The summed E-state index contributed by atoms with van der Waals surface area (Å²) in [4.78, 5) is 13.2. The fourth-order valence-electron chi connectivity index (χ4n) is 1.56. The van der Waals surface area contributed by atoms with E-state index in [0.29, 0.717) is 12.2 Å². The number of halogens is 1. The highest BCUT2D eigenvalue weighted by molar-refractivity contribution is 5.91. The van der Waals surface area contributed by atoms with E-state index in [2.05, 4.69) is 15.5 Å². The van der Waals surface area contributed by atoms with Gasteiger partial charge in [-0.1, -0.05) is 18.2 Å². The lowest BCUT2D eigenvalue weighted by atomic mass is 10.2. The Bertz CT molecular complexity index is 541. The Balaban J connectivity index is 0.00000200. The molecule has 0 radical (unpaired) electrons. The van der Waals surface area contributed by atoms with Gasteiger partial charge in [0, 0.05) is 12.6 Å².